The van der Waals surface area contributed by atoms with E-state index >= 15 is 0 Å². The van der Waals surface area contributed by atoms with Gasteiger partial charge >= 0.3 is 0 Å². The molecule has 0 aliphatic heterocycles. The van der Waals surface area contributed by atoms with Gasteiger partial charge in [-0.1, -0.05) is 0 Å². The fourth-order valence-electron chi connectivity index (χ4n) is 1.50. The van der Waals surface area contributed by atoms with Gasteiger partial charge in [-0.2, -0.15) is 0 Å². The first-order valence-corrected chi connectivity index (χ1v) is 5.64. The zero-order chi connectivity index (χ0) is 11.4. The molecular weight excluding hydrogens is 268 g/mol. The van der Waals surface area contributed by atoms with Crippen LogP contribution in [0.3, 0.4) is 0 Å². The molecule has 0 aliphatic carbocycles. The molecule has 0 spiro atoms. The van der Waals surface area contributed by atoms with Gasteiger partial charge in [-0.05, 0) is 35.1 Å². The molecule has 2 heterocycles. The van der Waals surface area contributed by atoms with E-state index in [4.69, 9.17) is 0 Å². The van der Waals surface area contributed by atoms with Gasteiger partial charge in [0, 0.05) is 28.6 Å². The first-order valence-electron chi connectivity index (χ1n) is 4.85. The number of hydrogen-bond donors (Lipinski definition) is 1. The quantitative estimate of drug-likeness (QED) is 0.933. The predicted molar refractivity (Wildman–Crippen MR) is 64.9 cm³/mol. The molecular formula is C11H11BrN4. The highest BCUT2D eigenvalue weighted by molar-refractivity contribution is 9.10. The van der Waals surface area contributed by atoms with Crippen LogP contribution < -0.4 is 5.32 Å². The van der Waals surface area contributed by atoms with E-state index in [0.717, 1.165) is 15.7 Å². The predicted octanol–water partition coefficient (Wildman–Crippen LogP) is 1.94. The normalized spacial score (nSPS) is 12.4. The van der Waals surface area contributed by atoms with E-state index in [1.165, 1.54) is 6.33 Å². The Morgan fingerprint density at radius 2 is 1.94 bits per heavy atom. The highest BCUT2D eigenvalue weighted by atomic mass is 79.9. The van der Waals surface area contributed by atoms with Crippen molar-refractivity contribution in [3.8, 4) is 0 Å². The Kier molecular flexibility index (Phi) is 3.58. The molecule has 0 bridgehead atoms. The summed E-state index contributed by atoms with van der Waals surface area (Å²) in [6.07, 6.45) is 6.88. The van der Waals surface area contributed by atoms with Crippen LogP contribution in [-0.2, 0) is 0 Å². The second-order valence-corrected chi connectivity index (χ2v) is 4.21. The van der Waals surface area contributed by atoms with Crippen LogP contribution in [0, 0.1) is 0 Å². The average molecular weight is 279 g/mol. The maximum Gasteiger partial charge on any atom is 0.115 e. The lowest BCUT2D eigenvalue weighted by atomic mass is 10.1. The zero-order valence-electron chi connectivity index (χ0n) is 8.76. The molecule has 16 heavy (non-hydrogen) atoms. The van der Waals surface area contributed by atoms with Gasteiger partial charge in [-0.15, -0.1) is 0 Å². The standard InChI is InChI=1S/C11H11BrN4/c1-13-11(8-4-14-7-15-5-8)10-3-2-9(12)6-16-10/h2-7,11,13H,1H3. The second-order valence-electron chi connectivity index (χ2n) is 3.29. The van der Waals surface area contributed by atoms with E-state index in [-0.39, 0.29) is 6.04 Å². The number of hydrogen-bond acceptors (Lipinski definition) is 4. The summed E-state index contributed by atoms with van der Waals surface area (Å²) < 4.78 is 0.968. The van der Waals surface area contributed by atoms with Crippen LogP contribution in [0.2, 0.25) is 0 Å². The van der Waals surface area contributed by atoms with Crippen molar-refractivity contribution in [3.05, 3.63) is 52.8 Å². The van der Waals surface area contributed by atoms with E-state index in [0.29, 0.717) is 0 Å². The molecule has 2 aromatic rings. The van der Waals surface area contributed by atoms with Gasteiger partial charge in [0.25, 0.3) is 0 Å². The van der Waals surface area contributed by atoms with Gasteiger partial charge in [0.1, 0.15) is 6.33 Å². The zero-order valence-corrected chi connectivity index (χ0v) is 10.3. The van der Waals surface area contributed by atoms with Crippen LogP contribution >= 0.6 is 15.9 Å². The van der Waals surface area contributed by atoms with Gasteiger partial charge in [0.2, 0.25) is 0 Å². The molecule has 4 nitrogen and oxygen atoms in total. The molecule has 1 unspecified atom stereocenters. The third kappa shape index (κ3) is 2.43. The summed E-state index contributed by atoms with van der Waals surface area (Å²) in [6, 6.07) is 3.96. The lowest BCUT2D eigenvalue weighted by Gasteiger charge is -2.14. The molecule has 82 valence electrons. The summed E-state index contributed by atoms with van der Waals surface area (Å²) in [5, 5.41) is 3.20. The average Bonchev–Trinajstić information content (AvgIpc) is 2.34. The van der Waals surface area contributed by atoms with E-state index in [1.807, 2.05) is 19.2 Å². The molecule has 5 heteroatoms. The summed E-state index contributed by atoms with van der Waals surface area (Å²) in [5.41, 5.74) is 1.94. The van der Waals surface area contributed by atoms with E-state index in [9.17, 15) is 0 Å². The smallest absolute Gasteiger partial charge is 0.115 e. The monoisotopic (exact) mass is 278 g/mol. The fourth-order valence-corrected chi connectivity index (χ4v) is 1.74. The molecule has 0 aliphatic rings. The van der Waals surface area contributed by atoms with Crippen molar-refractivity contribution in [3.63, 3.8) is 0 Å². The summed E-state index contributed by atoms with van der Waals surface area (Å²) >= 11 is 3.37. The maximum atomic E-state index is 4.36. The van der Waals surface area contributed by atoms with E-state index in [2.05, 4.69) is 36.2 Å². The minimum absolute atomic E-state index is 0.0225. The summed E-state index contributed by atoms with van der Waals surface area (Å²) in [5.74, 6) is 0. The van der Waals surface area contributed by atoms with Gasteiger partial charge in [-0.3, -0.25) is 4.98 Å². The Morgan fingerprint density at radius 1 is 1.19 bits per heavy atom. The second kappa shape index (κ2) is 5.14. The topological polar surface area (TPSA) is 50.7 Å². The van der Waals surface area contributed by atoms with Crippen molar-refractivity contribution in [1.29, 1.82) is 0 Å². The Bertz CT molecular complexity index is 443. The molecule has 0 amide bonds. The van der Waals surface area contributed by atoms with Crippen molar-refractivity contribution in [2.45, 2.75) is 6.04 Å². The van der Waals surface area contributed by atoms with Crippen LogP contribution in [0.25, 0.3) is 0 Å². The van der Waals surface area contributed by atoms with Crippen LogP contribution in [0.5, 0.6) is 0 Å². The lowest BCUT2D eigenvalue weighted by Crippen LogP contribution is -2.19. The van der Waals surface area contributed by atoms with Gasteiger partial charge in [-0.25, -0.2) is 9.97 Å². The fraction of sp³-hybridized carbons (Fsp3) is 0.182. The van der Waals surface area contributed by atoms with Gasteiger partial charge in [0.15, 0.2) is 0 Å². The Hall–Kier alpha value is -1.33. The summed E-state index contributed by atoms with van der Waals surface area (Å²) in [4.78, 5) is 12.4. The molecule has 2 aromatic heterocycles. The number of aromatic nitrogens is 3. The summed E-state index contributed by atoms with van der Waals surface area (Å²) in [7, 11) is 1.89. The first-order chi connectivity index (χ1) is 7.81. The van der Waals surface area contributed by atoms with Crippen molar-refractivity contribution in [2.75, 3.05) is 7.05 Å². The molecule has 0 saturated heterocycles. The Morgan fingerprint density at radius 3 is 2.50 bits per heavy atom. The molecule has 1 N–H and O–H groups in total. The molecule has 2 rings (SSSR count). The third-order valence-electron chi connectivity index (χ3n) is 2.25. The van der Waals surface area contributed by atoms with Gasteiger partial charge < -0.3 is 5.32 Å². The minimum Gasteiger partial charge on any atom is -0.308 e. The first kappa shape index (κ1) is 11.2. The molecule has 0 aromatic carbocycles. The molecule has 0 radical (unpaired) electrons. The largest absolute Gasteiger partial charge is 0.308 e. The number of nitrogens with one attached hydrogen (secondary N) is 1. The lowest BCUT2D eigenvalue weighted by molar-refractivity contribution is 0.664. The number of halogens is 1. The molecule has 0 saturated carbocycles. The Labute approximate surface area is 102 Å². The number of rotatable bonds is 3. The van der Waals surface area contributed by atoms with E-state index in [1.54, 1.807) is 18.6 Å². The molecule has 0 fully saturated rings. The van der Waals surface area contributed by atoms with Crippen molar-refractivity contribution in [1.82, 2.24) is 20.3 Å². The van der Waals surface area contributed by atoms with Gasteiger partial charge in [0.05, 0.1) is 11.7 Å². The number of pyridine rings is 1. The highest BCUT2D eigenvalue weighted by Crippen LogP contribution is 2.19. The maximum absolute atomic E-state index is 4.36. The van der Waals surface area contributed by atoms with Crippen molar-refractivity contribution < 1.29 is 0 Å². The molecule has 1 atom stereocenters. The summed E-state index contributed by atoms with van der Waals surface area (Å²) in [6.45, 7) is 0. The minimum atomic E-state index is 0.0225. The van der Waals surface area contributed by atoms with Crippen molar-refractivity contribution in [2.24, 2.45) is 0 Å². The van der Waals surface area contributed by atoms with Crippen molar-refractivity contribution >= 4 is 15.9 Å². The van der Waals surface area contributed by atoms with E-state index < -0.39 is 0 Å². The Balaban J connectivity index is 2.33. The SMILES string of the molecule is CNC(c1cncnc1)c1ccc(Br)cn1. The third-order valence-corrected chi connectivity index (χ3v) is 2.72. The van der Waals surface area contributed by atoms with Crippen LogP contribution in [0.4, 0.5) is 0 Å². The van der Waals surface area contributed by atoms with Crippen LogP contribution in [-0.4, -0.2) is 22.0 Å². The van der Waals surface area contributed by atoms with Crippen LogP contribution in [0.1, 0.15) is 17.3 Å². The van der Waals surface area contributed by atoms with Crippen LogP contribution in [0.15, 0.2) is 41.5 Å². The number of nitrogens with zero attached hydrogens (tertiary/aromatic N) is 3. The highest BCUT2D eigenvalue weighted by Gasteiger charge is 2.13.